The molecular weight excluding hydrogens is 200 g/mol. The molecule has 0 saturated heterocycles. The highest BCUT2D eigenvalue weighted by Gasteiger charge is 2.12. The lowest BCUT2D eigenvalue weighted by molar-refractivity contribution is 0.373. The van der Waals surface area contributed by atoms with Gasteiger partial charge >= 0.3 is 0 Å². The quantitative estimate of drug-likeness (QED) is 0.818. The molecule has 0 aromatic carbocycles. The van der Waals surface area contributed by atoms with Crippen molar-refractivity contribution in [1.29, 1.82) is 0 Å². The third-order valence-corrected chi connectivity index (χ3v) is 3.22. The van der Waals surface area contributed by atoms with E-state index in [4.69, 9.17) is 0 Å². The van der Waals surface area contributed by atoms with Crippen LogP contribution in [0.3, 0.4) is 0 Å². The molecule has 4 heteroatoms. The third-order valence-electron chi connectivity index (χ3n) is 3.22. The monoisotopic (exact) mass is 220 g/mol. The average Bonchev–Trinajstić information content (AvgIpc) is 2.38. The Morgan fingerprint density at radius 1 is 1.19 bits per heavy atom. The highest BCUT2D eigenvalue weighted by atomic mass is 15.1. The van der Waals surface area contributed by atoms with Crippen molar-refractivity contribution in [3.8, 4) is 0 Å². The van der Waals surface area contributed by atoms with Crippen molar-refractivity contribution >= 4 is 11.6 Å². The van der Waals surface area contributed by atoms with Crippen LogP contribution in [0.5, 0.6) is 0 Å². The Hall–Kier alpha value is -1.32. The standard InChI is InChI=1S/C12H20N4/c1-13-11-7-12(16-9-15-11)14-8-10-5-3-2-4-6-10/h7,9-10H,2-6,8H2,1H3,(H2,13,14,15,16). The zero-order valence-corrected chi connectivity index (χ0v) is 9.87. The summed E-state index contributed by atoms with van der Waals surface area (Å²) in [5.74, 6) is 2.60. The molecule has 0 aliphatic heterocycles. The molecule has 0 atom stereocenters. The molecule has 1 heterocycles. The van der Waals surface area contributed by atoms with Gasteiger partial charge in [-0.05, 0) is 18.8 Å². The Labute approximate surface area is 96.9 Å². The van der Waals surface area contributed by atoms with E-state index in [1.807, 2.05) is 13.1 Å². The fourth-order valence-corrected chi connectivity index (χ4v) is 2.23. The van der Waals surface area contributed by atoms with Crippen molar-refractivity contribution in [1.82, 2.24) is 9.97 Å². The van der Waals surface area contributed by atoms with E-state index in [1.54, 1.807) is 6.33 Å². The van der Waals surface area contributed by atoms with Gasteiger partial charge in [-0.25, -0.2) is 9.97 Å². The van der Waals surface area contributed by atoms with Gasteiger partial charge in [0.25, 0.3) is 0 Å². The molecule has 4 nitrogen and oxygen atoms in total. The van der Waals surface area contributed by atoms with E-state index in [9.17, 15) is 0 Å². The molecule has 0 radical (unpaired) electrons. The predicted octanol–water partition coefficient (Wildman–Crippen LogP) is 2.51. The molecule has 0 amide bonds. The summed E-state index contributed by atoms with van der Waals surface area (Å²) in [5.41, 5.74) is 0. The lowest BCUT2D eigenvalue weighted by Gasteiger charge is -2.21. The number of nitrogens with one attached hydrogen (secondary N) is 2. The molecule has 16 heavy (non-hydrogen) atoms. The summed E-state index contributed by atoms with van der Waals surface area (Å²) < 4.78 is 0. The Morgan fingerprint density at radius 3 is 2.69 bits per heavy atom. The molecule has 2 N–H and O–H groups in total. The molecule has 0 unspecified atom stereocenters. The molecule has 1 saturated carbocycles. The number of rotatable bonds is 4. The van der Waals surface area contributed by atoms with Gasteiger partial charge in [-0.2, -0.15) is 0 Å². The molecule has 1 aromatic rings. The van der Waals surface area contributed by atoms with Gasteiger partial charge in [0, 0.05) is 19.7 Å². The Bertz CT molecular complexity index is 321. The maximum absolute atomic E-state index is 4.21. The summed E-state index contributed by atoms with van der Waals surface area (Å²) in [6.45, 7) is 1.04. The summed E-state index contributed by atoms with van der Waals surface area (Å²) in [4.78, 5) is 8.30. The van der Waals surface area contributed by atoms with Gasteiger partial charge < -0.3 is 10.6 Å². The Kier molecular flexibility index (Phi) is 3.97. The van der Waals surface area contributed by atoms with E-state index in [0.29, 0.717) is 0 Å². The van der Waals surface area contributed by atoms with Gasteiger partial charge in [0.05, 0.1) is 0 Å². The summed E-state index contributed by atoms with van der Waals surface area (Å²) in [5, 5.41) is 6.41. The summed E-state index contributed by atoms with van der Waals surface area (Å²) >= 11 is 0. The number of anilines is 2. The van der Waals surface area contributed by atoms with Gasteiger partial charge in [-0.15, -0.1) is 0 Å². The van der Waals surface area contributed by atoms with Crippen molar-refractivity contribution in [2.45, 2.75) is 32.1 Å². The first kappa shape index (κ1) is 11.2. The molecule has 2 rings (SSSR count). The minimum absolute atomic E-state index is 0.821. The molecule has 1 aromatic heterocycles. The SMILES string of the molecule is CNc1cc(NCC2CCCCC2)ncn1. The molecule has 88 valence electrons. The van der Waals surface area contributed by atoms with Crippen molar-refractivity contribution < 1.29 is 0 Å². The second-order valence-corrected chi connectivity index (χ2v) is 4.42. The maximum atomic E-state index is 4.21. The van der Waals surface area contributed by atoms with Crippen LogP contribution in [0, 0.1) is 5.92 Å². The second kappa shape index (κ2) is 5.68. The largest absolute Gasteiger partial charge is 0.373 e. The predicted molar refractivity (Wildman–Crippen MR) is 66.6 cm³/mol. The number of hydrogen-bond donors (Lipinski definition) is 2. The van der Waals surface area contributed by atoms with Crippen molar-refractivity contribution in [3.05, 3.63) is 12.4 Å². The van der Waals surface area contributed by atoms with Crippen LogP contribution in [-0.2, 0) is 0 Å². The molecule has 1 fully saturated rings. The first-order chi connectivity index (χ1) is 7.88. The maximum Gasteiger partial charge on any atom is 0.131 e. The van der Waals surface area contributed by atoms with Crippen LogP contribution in [0.4, 0.5) is 11.6 Å². The van der Waals surface area contributed by atoms with Crippen LogP contribution < -0.4 is 10.6 Å². The van der Waals surface area contributed by atoms with E-state index in [2.05, 4.69) is 20.6 Å². The van der Waals surface area contributed by atoms with Gasteiger partial charge in [0.1, 0.15) is 18.0 Å². The zero-order chi connectivity index (χ0) is 11.2. The number of aromatic nitrogens is 2. The summed E-state index contributed by atoms with van der Waals surface area (Å²) in [6, 6.07) is 1.95. The second-order valence-electron chi connectivity index (χ2n) is 4.42. The average molecular weight is 220 g/mol. The molecular formula is C12H20N4. The topological polar surface area (TPSA) is 49.8 Å². The van der Waals surface area contributed by atoms with Crippen LogP contribution in [-0.4, -0.2) is 23.6 Å². The smallest absolute Gasteiger partial charge is 0.131 e. The van der Waals surface area contributed by atoms with Crippen LogP contribution in [0.15, 0.2) is 12.4 Å². The first-order valence-electron chi connectivity index (χ1n) is 6.12. The van der Waals surface area contributed by atoms with Crippen molar-refractivity contribution in [2.24, 2.45) is 5.92 Å². The van der Waals surface area contributed by atoms with E-state index < -0.39 is 0 Å². The van der Waals surface area contributed by atoms with Crippen LogP contribution in [0.1, 0.15) is 32.1 Å². The molecule has 1 aliphatic carbocycles. The molecule has 0 bridgehead atoms. The minimum atomic E-state index is 0.821. The Balaban J connectivity index is 1.83. The van der Waals surface area contributed by atoms with Crippen LogP contribution >= 0.6 is 0 Å². The van der Waals surface area contributed by atoms with Crippen molar-refractivity contribution in [3.63, 3.8) is 0 Å². The Morgan fingerprint density at radius 2 is 1.94 bits per heavy atom. The van der Waals surface area contributed by atoms with Crippen LogP contribution in [0.2, 0.25) is 0 Å². The lowest BCUT2D eigenvalue weighted by Crippen LogP contribution is -2.17. The van der Waals surface area contributed by atoms with E-state index in [0.717, 1.165) is 24.1 Å². The highest BCUT2D eigenvalue weighted by molar-refractivity contribution is 5.45. The lowest BCUT2D eigenvalue weighted by atomic mass is 9.89. The number of nitrogens with zero attached hydrogens (tertiary/aromatic N) is 2. The normalized spacial score (nSPS) is 17.1. The fraction of sp³-hybridized carbons (Fsp3) is 0.667. The van der Waals surface area contributed by atoms with Crippen LogP contribution in [0.25, 0.3) is 0 Å². The van der Waals surface area contributed by atoms with Gasteiger partial charge in [0.15, 0.2) is 0 Å². The summed E-state index contributed by atoms with van der Waals surface area (Å²) in [6.07, 6.45) is 8.49. The third kappa shape index (κ3) is 3.08. The number of hydrogen-bond acceptors (Lipinski definition) is 4. The van der Waals surface area contributed by atoms with E-state index in [1.165, 1.54) is 32.1 Å². The first-order valence-corrected chi connectivity index (χ1v) is 6.12. The fourth-order valence-electron chi connectivity index (χ4n) is 2.23. The van der Waals surface area contributed by atoms with E-state index in [-0.39, 0.29) is 0 Å². The van der Waals surface area contributed by atoms with E-state index >= 15 is 0 Å². The highest BCUT2D eigenvalue weighted by Crippen LogP contribution is 2.23. The summed E-state index contributed by atoms with van der Waals surface area (Å²) in [7, 11) is 1.87. The zero-order valence-electron chi connectivity index (χ0n) is 9.87. The minimum Gasteiger partial charge on any atom is -0.373 e. The van der Waals surface area contributed by atoms with Gasteiger partial charge in [-0.1, -0.05) is 19.3 Å². The molecule has 1 aliphatic rings. The van der Waals surface area contributed by atoms with Gasteiger partial charge in [0.2, 0.25) is 0 Å². The van der Waals surface area contributed by atoms with Gasteiger partial charge in [-0.3, -0.25) is 0 Å². The van der Waals surface area contributed by atoms with Crippen molar-refractivity contribution in [2.75, 3.05) is 24.2 Å². The molecule has 0 spiro atoms.